The van der Waals surface area contributed by atoms with Crippen molar-refractivity contribution in [2.75, 3.05) is 6.54 Å². The molecule has 0 bridgehead atoms. The molecule has 0 spiro atoms. The number of hydrogen-bond acceptors (Lipinski definition) is 7. The number of nitro groups is 1. The summed E-state index contributed by atoms with van der Waals surface area (Å²) in [6.07, 6.45) is 1.33. The summed E-state index contributed by atoms with van der Waals surface area (Å²) >= 11 is 0. The molecule has 1 atom stereocenters. The van der Waals surface area contributed by atoms with Gasteiger partial charge < -0.3 is 19.3 Å². The SMILES string of the molecule is C[C@]1(CN2Cc3nc(-c4cc(F)c(F)cc4F)oc3C2)Cn2cc([N+](=O)[O-])nc2O1. The normalized spacial score (nSPS) is 20.3. The number of fused-ring (bicyclic) bond motifs is 2. The maximum Gasteiger partial charge on any atom is 0.415 e. The van der Waals surface area contributed by atoms with Crippen molar-refractivity contribution >= 4 is 5.82 Å². The number of halogens is 3. The molecule has 0 N–H and O–H groups in total. The Balaban J connectivity index is 1.28. The Morgan fingerprint density at radius 1 is 1.20 bits per heavy atom. The highest BCUT2D eigenvalue weighted by Gasteiger charge is 2.43. The van der Waals surface area contributed by atoms with Crippen molar-refractivity contribution in [1.29, 1.82) is 0 Å². The smallest absolute Gasteiger partial charge is 0.415 e. The first-order chi connectivity index (χ1) is 14.2. The maximum atomic E-state index is 14.0. The molecule has 2 aromatic heterocycles. The van der Waals surface area contributed by atoms with Crippen molar-refractivity contribution in [1.82, 2.24) is 19.4 Å². The standard InChI is InChI=1S/C18H14F3N5O4/c1-18(8-25-6-15(26(27)28)23-17(25)30-18)7-24-4-13-14(5-24)29-16(22-13)9-2-11(20)12(21)3-10(9)19/h2-3,6H,4-5,7-8H2,1H3/t18-/m0/s1. The molecule has 2 aliphatic rings. The van der Waals surface area contributed by atoms with Gasteiger partial charge in [0.2, 0.25) is 5.89 Å². The van der Waals surface area contributed by atoms with Gasteiger partial charge >= 0.3 is 11.8 Å². The minimum atomic E-state index is -1.28. The van der Waals surface area contributed by atoms with Gasteiger partial charge in [0.15, 0.2) is 11.6 Å². The molecule has 2 aliphatic heterocycles. The number of aromatic nitrogens is 3. The van der Waals surface area contributed by atoms with Crippen molar-refractivity contribution in [3.8, 4) is 17.5 Å². The lowest BCUT2D eigenvalue weighted by Gasteiger charge is -2.27. The summed E-state index contributed by atoms with van der Waals surface area (Å²) in [5, 5.41) is 10.8. The van der Waals surface area contributed by atoms with Gasteiger partial charge in [-0.2, -0.15) is 0 Å². The molecule has 12 heteroatoms. The quantitative estimate of drug-likeness (QED) is 0.363. The Kier molecular flexibility index (Phi) is 3.90. The van der Waals surface area contributed by atoms with Crippen LogP contribution in [0.25, 0.3) is 11.5 Å². The summed E-state index contributed by atoms with van der Waals surface area (Å²) in [4.78, 5) is 20.3. The minimum Gasteiger partial charge on any atom is -0.439 e. The van der Waals surface area contributed by atoms with Crippen LogP contribution in [0.3, 0.4) is 0 Å². The second-order valence-corrected chi connectivity index (χ2v) is 7.60. The zero-order chi connectivity index (χ0) is 21.2. The van der Waals surface area contributed by atoms with Gasteiger partial charge in [0.25, 0.3) is 0 Å². The van der Waals surface area contributed by atoms with E-state index in [0.717, 1.165) is 6.07 Å². The average molecular weight is 421 g/mol. The Morgan fingerprint density at radius 2 is 1.97 bits per heavy atom. The first-order valence-electron chi connectivity index (χ1n) is 8.97. The molecule has 5 rings (SSSR count). The van der Waals surface area contributed by atoms with Crippen LogP contribution in [0, 0.1) is 27.6 Å². The predicted octanol–water partition coefficient (Wildman–Crippen LogP) is 3.03. The molecular weight excluding hydrogens is 407 g/mol. The van der Waals surface area contributed by atoms with Crippen LogP contribution < -0.4 is 4.74 Å². The highest BCUT2D eigenvalue weighted by atomic mass is 19.2. The predicted molar refractivity (Wildman–Crippen MR) is 93.8 cm³/mol. The van der Waals surface area contributed by atoms with Crippen LogP contribution in [0.4, 0.5) is 19.0 Å². The van der Waals surface area contributed by atoms with E-state index in [-0.39, 0.29) is 23.3 Å². The second kappa shape index (κ2) is 6.29. The molecule has 4 heterocycles. The van der Waals surface area contributed by atoms with Crippen molar-refractivity contribution in [3.05, 3.63) is 57.3 Å². The van der Waals surface area contributed by atoms with Crippen molar-refractivity contribution in [2.24, 2.45) is 0 Å². The molecule has 156 valence electrons. The van der Waals surface area contributed by atoms with E-state index in [2.05, 4.69) is 9.97 Å². The lowest BCUT2D eigenvalue weighted by molar-refractivity contribution is -0.389. The Morgan fingerprint density at radius 3 is 2.67 bits per heavy atom. The van der Waals surface area contributed by atoms with Crippen molar-refractivity contribution in [2.45, 2.75) is 32.2 Å². The zero-order valence-corrected chi connectivity index (χ0v) is 15.6. The molecule has 0 saturated heterocycles. The third-order valence-corrected chi connectivity index (χ3v) is 5.07. The van der Waals surface area contributed by atoms with Crippen LogP contribution in [0.5, 0.6) is 6.01 Å². The molecule has 0 unspecified atom stereocenters. The van der Waals surface area contributed by atoms with E-state index >= 15 is 0 Å². The van der Waals surface area contributed by atoms with E-state index in [1.54, 1.807) is 4.57 Å². The van der Waals surface area contributed by atoms with E-state index in [4.69, 9.17) is 9.15 Å². The van der Waals surface area contributed by atoms with Crippen LogP contribution in [0.15, 0.2) is 22.7 Å². The van der Waals surface area contributed by atoms with E-state index in [9.17, 15) is 23.3 Å². The molecule has 1 aromatic carbocycles. The first-order valence-corrected chi connectivity index (χ1v) is 8.97. The lowest BCUT2D eigenvalue weighted by Crippen LogP contribution is -2.43. The number of imidazole rings is 1. The molecule has 0 amide bonds. The third-order valence-electron chi connectivity index (χ3n) is 5.07. The molecule has 0 saturated carbocycles. The van der Waals surface area contributed by atoms with E-state index in [0.29, 0.717) is 43.7 Å². The second-order valence-electron chi connectivity index (χ2n) is 7.60. The molecular formula is C18H14F3N5O4. The summed E-state index contributed by atoms with van der Waals surface area (Å²) in [5.41, 5.74) is -0.326. The van der Waals surface area contributed by atoms with Gasteiger partial charge in [0.1, 0.15) is 23.4 Å². The Hall–Kier alpha value is -3.41. The number of ether oxygens (including phenoxy) is 1. The summed E-state index contributed by atoms with van der Waals surface area (Å²) < 4.78 is 53.6. The topological polar surface area (TPSA) is 99.5 Å². The van der Waals surface area contributed by atoms with E-state index < -0.39 is 28.0 Å². The Labute approximate surface area is 166 Å². The van der Waals surface area contributed by atoms with Gasteiger partial charge in [-0.1, -0.05) is 0 Å². The summed E-state index contributed by atoms with van der Waals surface area (Å²) in [6.45, 7) is 3.48. The molecule has 0 fully saturated rings. The highest BCUT2D eigenvalue weighted by Crippen LogP contribution is 2.35. The van der Waals surface area contributed by atoms with E-state index in [1.807, 2.05) is 11.8 Å². The molecule has 0 radical (unpaired) electrons. The van der Waals surface area contributed by atoms with Crippen LogP contribution in [0.1, 0.15) is 18.4 Å². The maximum absolute atomic E-state index is 14.0. The minimum absolute atomic E-state index is 0.105. The molecule has 0 aliphatic carbocycles. The molecule has 9 nitrogen and oxygen atoms in total. The van der Waals surface area contributed by atoms with Crippen molar-refractivity contribution in [3.63, 3.8) is 0 Å². The highest BCUT2D eigenvalue weighted by molar-refractivity contribution is 5.55. The van der Waals surface area contributed by atoms with Crippen LogP contribution in [0.2, 0.25) is 0 Å². The van der Waals surface area contributed by atoms with Crippen molar-refractivity contribution < 1.29 is 27.2 Å². The van der Waals surface area contributed by atoms with E-state index in [1.165, 1.54) is 6.20 Å². The monoisotopic (exact) mass is 421 g/mol. The largest absolute Gasteiger partial charge is 0.439 e. The summed E-state index contributed by atoms with van der Waals surface area (Å²) in [5.74, 6) is -3.29. The molecule has 3 aromatic rings. The van der Waals surface area contributed by atoms with Gasteiger partial charge in [-0.15, -0.1) is 0 Å². The van der Waals surface area contributed by atoms with Gasteiger partial charge in [-0.05, 0) is 17.9 Å². The van der Waals surface area contributed by atoms with Gasteiger partial charge in [-0.25, -0.2) is 18.2 Å². The van der Waals surface area contributed by atoms with Gasteiger partial charge in [0, 0.05) is 24.1 Å². The summed E-state index contributed by atoms with van der Waals surface area (Å²) in [7, 11) is 0. The first kappa shape index (κ1) is 18.6. The third kappa shape index (κ3) is 3.00. The fourth-order valence-electron chi connectivity index (χ4n) is 3.85. The van der Waals surface area contributed by atoms with Gasteiger partial charge in [0.05, 0.1) is 24.3 Å². The van der Waals surface area contributed by atoms with Crippen LogP contribution >= 0.6 is 0 Å². The number of hydrogen-bond donors (Lipinski definition) is 0. The number of benzene rings is 1. The van der Waals surface area contributed by atoms with Crippen LogP contribution in [-0.2, 0) is 19.6 Å². The van der Waals surface area contributed by atoms with Crippen LogP contribution in [-0.4, -0.2) is 36.5 Å². The lowest BCUT2D eigenvalue weighted by atomic mass is 10.1. The molecule has 30 heavy (non-hydrogen) atoms. The Bertz CT molecular complexity index is 1140. The number of nitrogens with zero attached hydrogens (tertiary/aromatic N) is 5. The average Bonchev–Trinajstić information content (AvgIpc) is 3.36. The summed E-state index contributed by atoms with van der Waals surface area (Å²) in [6, 6.07) is 1.37. The van der Waals surface area contributed by atoms with Gasteiger partial charge in [-0.3, -0.25) is 9.47 Å². The fourth-order valence-corrected chi connectivity index (χ4v) is 3.85. The number of rotatable bonds is 4. The fraction of sp³-hybridized carbons (Fsp3) is 0.333. The zero-order valence-electron chi connectivity index (χ0n) is 15.6. The number of oxazole rings is 1.